The molecule has 0 saturated heterocycles. The zero-order chi connectivity index (χ0) is 8.43. The molecule has 1 aliphatic carbocycles. The van der Waals surface area contributed by atoms with Crippen LogP contribution in [-0.2, 0) is 14.4 Å². The highest BCUT2D eigenvalue weighted by molar-refractivity contribution is 6.19. The van der Waals surface area contributed by atoms with Crippen molar-refractivity contribution in [2.75, 3.05) is 0 Å². The Morgan fingerprint density at radius 2 is 2.18 bits per heavy atom. The van der Waals surface area contributed by atoms with E-state index in [0.717, 1.165) is 0 Å². The molecule has 1 saturated carbocycles. The van der Waals surface area contributed by atoms with Crippen LogP contribution in [0.2, 0.25) is 0 Å². The summed E-state index contributed by atoms with van der Waals surface area (Å²) in [4.78, 5) is 32.3. The summed E-state index contributed by atoms with van der Waals surface area (Å²) >= 11 is 0. The van der Waals surface area contributed by atoms with Crippen molar-refractivity contribution in [1.82, 2.24) is 0 Å². The third kappa shape index (κ3) is 1.23. The number of aldehydes is 1. The molecule has 3 nitrogen and oxygen atoms in total. The van der Waals surface area contributed by atoms with Crippen molar-refractivity contribution in [2.24, 2.45) is 11.8 Å². The molecule has 2 atom stereocenters. The van der Waals surface area contributed by atoms with Gasteiger partial charge in [-0.2, -0.15) is 0 Å². The molecule has 0 aliphatic heterocycles. The van der Waals surface area contributed by atoms with Crippen LogP contribution < -0.4 is 0 Å². The number of carbonyl (C=O) groups excluding carboxylic acids is 3. The maximum absolute atomic E-state index is 11.1. The highest BCUT2D eigenvalue weighted by atomic mass is 16.2. The van der Waals surface area contributed by atoms with E-state index >= 15 is 0 Å². The summed E-state index contributed by atoms with van der Waals surface area (Å²) in [6.07, 6.45) is 1.38. The van der Waals surface area contributed by atoms with Crippen molar-refractivity contribution in [3.63, 3.8) is 0 Å². The van der Waals surface area contributed by atoms with E-state index in [4.69, 9.17) is 0 Å². The number of ketones is 2. The van der Waals surface area contributed by atoms with Crippen LogP contribution in [0.15, 0.2) is 0 Å². The zero-order valence-electron chi connectivity index (χ0n) is 6.37. The topological polar surface area (TPSA) is 51.2 Å². The Morgan fingerprint density at radius 1 is 1.55 bits per heavy atom. The van der Waals surface area contributed by atoms with E-state index < -0.39 is 5.92 Å². The van der Waals surface area contributed by atoms with Crippen molar-refractivity contribution < 1.29 is 14.4 Å². The average Bonchev–Trinajstić information content (AvgIpc) is 2.26. The highest BCUT2D eigenvalue weighted by Crippen LogP contribution is 2.24. The lowest BCUT2D eigenvalue weighted by Crippen LogP contribution is -2.17. The van der Waals surface area contributed by atoms with E-state index in [1.165, 1.54) is 0 Å². The summed E-state index contributed by atoms with van der Waals surface area (Å²) in [5, 5.41) is 0. The molecule has 3 heteroatoms. The van der Waals surface area contributed by atoms with Crippen LogP contribution >= 0.6 is 0 Å². The second-order valence-electron chi connectivity index (χ2n) is 2.79. The fourth-order valence-electron chi connectivity index (χ4n) is 1.37. The Morgan fingerprint density at radius 3 is 2.45 bits per heavy atom. The van der Waals surface area contributed by atoms with Crippen LogP contribution in [-0.4, -0.2) is 17.9 Å². The Balaban J connectivity index is 2.78. The molecule has 0 bridgehead atoms. The van der Waals surface area contributed by atoms with Gasteiger partial charge < -0.3 is 4.79 Å². The van der Waals surface area contributed by atoms with Crippen LogP contribution in [0.4, 0.5) is 0 Å². The largest absolute Gasteiger partial charge is 0.302 e. The Kier molecular flexibility index (Phi) is 2.17. The number of carbonyl (C=O) groups is 3. The van der Waals surface area contributed by atoms with Gasteiger partial charge in [-0.1, -0.05) is 6.92 Å². The smallest absolute Gasteiger partial charge is 0.153 e. The van der Waals surface area contributed by atoms with Gasteiger partial charge in [0.05, 0.1) is 0 Å². The molecule has 60 valence electrons. The summed E-state index contributed by atoms with van der Waals surface area (Å²) in [6.45, 7) is 1.85. The molecule has 0 aromatic rings. The van der Waals surface area contributed by atoms with Crippen molar-refractivity contribution in [3.05, 3.63) is 0 Å². The number of hydrogen-bond acceptors (Lipinski definition) is 3. The first-order valence-corrected chi connectivity index (χ1v) is 3.72. The average molecular weight is 154 g/mol. The molecule has 1 fully saturated rings. The molecule has 0 aromatic carbocycles. The standard InChI is InChI=1S/C8H10O3/c1-2-5-3-7(10)6(4-9)8(5)11/h4-6H,2-3H2,1H3. The van der Waals surface area contributed by atoms with Gasteiger partial charge in [-0.25, -0.2) is 0 Å². The van der Waals surface area contributed by atoms with Crippen LogP contribution in [0.1, 0.15) is 19.8 Å². The van der Waals surface area contributed by atoms with Gasteiger partial charge in [0.15, 0.2) is 11.6 Å². The van der Waals surface area contributed by atoms with E-state index in [0.29, 0.717) is 12.7 Å². The lowest BCUT2D eigenvalue weighted by atomic mass is 10.0. The van der Waals surface area contributed by atoms with Crippen molar-refractivity contribution in [2.45, 2.75) is 19.8 Å². The maximum atomic E-state index is 11.1. The summed E-state index contributed by atoms with van der Waals surface area (Å²) in [5.74, 6) is -1.54. The minimum Gasteiger partial charge on any atom is -0.302 e. The van der Waals surface area contributed by atoms with Gasteiger partial charge in [-0.05, 0) is 6.42 Å². The molecule has 0 heterocycles. The van der Waals surface area contributed by atoms with E-state index in [9.17, 15) is 14.4 Å². The van der Waals surface area contributed by atoms with Crippen molar-refractivity contribution in [1.29, 1.82) is 0 Å². The molecule has 0 amide bonds. The second-order valence-corrected chi connectivity index (χ2v) is 2.79. The predicted octanol–water partition coefficient (Wildman–Crippen LogP) is 0.370. The molecule has 0 spiro atoms. The molecule has 11 heavy (non-hydrogen) atoms. The van der Waals surface area contributed by atoms with E-state index in [-0.39, 0.29) is 23.9 Å². The quantitative estimate of drug-likeness (QED) is 0.426. The Hall–Kier alpha value is -0.990. The minimum absolute atomic E-state index is 0.187. The van der Waals surface area contributed by atoms with Gasteiger partial charge in [-0.3, -0.25) is 9.59 Å². The first kappa shape index (κ1) is 8.11. The summed E-state index contributed by atoms with van der Waals surface area (Å²) in [6, 6.07) is 0. The number of hydrogen-bond donors (Lipinski definition) is 0. The molecule has 0 aromatic heterocycles. The molecule has 0 N–H and O–H groups in total. The fraction of sp³-hybridized carbons (Fsp3) is 0.625. The number of Topliss-reactive ketones (excluding diaryl/α,β-unsaturated/α-hetero) is 2. The zero-order valence-corrected chi connectivity index (χ0v) is 6.37. The lowest BCUT2D eigenvalue weighted by molar-refractivity contribution is -0.131. The van der Waals surface area contributed by atoms with Gasteiger partial charge in [0.25, 0.3) is 0 Å². The van der Waals surface area contributed by atoms with Gasteiger partial charge in [0, 0.05) is 12.3 Å². The third-order valence-corrected chi connectivity index (χ3v) is 2.13. The predicted molar refractivity (Wildman–Crippen MR) is 38.0 cm³/mol. The first-order valence-electron chi connectivity index (χ1n) is 3.72. The molecule has 1 rings (SSSR count). The van der Waals surface area contributed by atoms with E-state index in [1.807, 2.05) is 6.92 Å². The first-order chi connectivity index (χ1) is 5.20. The van der Waals surface area contributed by atoms with Gasteiger partial charge >= 0.3 is 0 Å². The van der Waals surface area contributed by atoms with Gasteiger partial charge in [0.2, 0.25) is 0 Å². The molecule has 0 radical (unpaired) electrons. The van der Waals surface area contributed by atoms with Crippen molar-refractivity contribution >= 4 is 17.9 Å². The normalized spacial score (nSPS) is 31.0. The molecule has 2 unspecified atom stereocenters. The summed E-state index contributed by atoms with van der Waals surface area (Å²) < 4.78 is 0. The maximum Gasteiger partial charge on any atom is 0.153 e. The second kappa shape index (κ2) is 2.95. The van der Waals surface area contributed by atoms with E-state index in [1.54, 1.807) is 0 Å². The fourth-order valence-corrected chi connectivity index (χ4v) is 1.37. The summed E-state index contributed by atoms with van der Waals surface area (Å²) in [7, 11) is 0. The Bertz CT molecular complexity index is 207. The number of rotatable bonds is 2. The monoisotopic (exact) mass is 154 g/mol. The minimum atomic E-state index is -0.944. The van der Waals surface area contributed by atoms with E-state index in [2.05, 4.69) is 0 Å². The van der Waals surface area contributed by atoms with Gasteiger partial charge in [0.1, 0.15) is 12.2 Å². The molecular weight excluding hydrogens is 144 g/mol. The summed E-state index contributed by atoms with van der Waals surface area (Å²) in [5.41, 5.74) is 0. The van der Waals surface area contributed by atoms with Crippen molar-refractivity contribution in [3.8, 4) is 0 Å². The van der Waals surface area contributed by atoms with Crippen LogP contribution in [0.5, 0.6) is 0 Å². The Labute approximate surface area is 64.8 Å². The van der Waals surface area contributed by atoms with Gasteiger partial charge in [-0.15, -0.1) is 0 Å². The van der Waals surface area contributed by atoms with Crippen LogP contribution in [0.3, 0.4) is 0 Å². The highest BCUT2D eigenvalue weighted by Gasteiger charge is 2.39. The van der Waals surface area contributed by atoms with Crippen LogP contribution in [0, 0.1) is 11.8 Å². The SMILES string of the molecule is CCC1CC(=O)C(C=O)C1=O. The molecule has 1 aliphatic rings. The lowest BCUT2D eigenvalue weighted by Gasteiger charge is -1.99. The van der Waals surface area contributed by atoms with Crippen LogP contribution in [0.25, 0.3) is 0 Å². The third-order valence-electron chi connectivity index (χ3n) is 2.13. The molecular formula is C8H10O3.